The first-order valence-electron chi connectivity index (χ1n) is 6.17. The largest absolute Gasteiger partial charge is 0.319 e. The van der Waals surface area contributed by atoms with E-state index in [2.05, 4.69) is 52.4 Å². The molecule has 0 spiro atoms. The third-order valence-electron chi connectivity index (χ3n) is 3.34. The molecule has 0 aliphatic heterocycles. The zero-order valence-electron chi connectivity index (χ0n) is 9.89. The van der Waals surface area contributed by atoms with Crippen LogP contribution in [-0.2, 0) is 10.8 Å². The van der Waals surface area contributed by atoms with Crippen LogP contribution in [0.25, 0.3) is 0 Å². The molecule has 1 heterocycles. The van der Waals surface area contributed by atoms with Crippen molar-refractivity contribution in [1.82, 2.24) is 5.32 Å². The highest BCUT2D eigenvalue weighted by Crippen LogP contribution is 2.36. The molecule has 2 rings (SSSR count). The first-order valence-corrected chi connectivity index (χ1v) is 8.51. The van der Waals surface area contributed by atoms with Gasteiger partial charge in [-0.1, -0.05) is 35.4 Å². The summed E-state index contributed by atoms with van der Waals surface area (Å²) < 4.78 is 1.17. The van der Waals surface area contributed by atoms with Crippen molar-refractivity contribution in [2.75, 3.05) is 13.6 Å². The number of thiophene rings is 1. The molecule has 1 aromatic rings. The summed E-state index contributed by atoms with van der Waals surface area (Å²) in [5.41, 5.74) is 1.65. The molecular formula is C13H20INS. The molecule has 1 aliphatic carbocycles. The van der Waals surface area contributed by atoms with Gasteiger partial charge in [-0.25, -0.2) is 0 Å². The van der Waals surface area contributed by atoms with Crippen LogP contribution in [0.15, 0.2) is 6.07 Å². The maximum atomic E-state index is 3.36. The van der Waals surface area contributed by atoms with E-state index in [1.807, 2.05) is 0 Å². The normalized spacial score (nSPS) is 21.2. The van der Waals surface area contributed by atoms with Gasteiger partial charge >= 0.3 is 0 Å². The lowest BCUT2D eigenvalue weighted by molar-refractivity contribution is 0.523. The summed E-state index contributed by atoms with van der Waals surface area (Å²) in [6.07, 6.45) is 6.88. The Morgan fingerprint density at radius 2 is 2.31 bits per heavy atom. The molecule has 16 heavy (non-hydrogen) atoms. The van der Waals surface area contributed by atoms with Crippen molar-refractivity contribution >= 4 is 33.9 Å². The number of rotatable bonds is 3. The van der Waals surface area contributed by atoms with Crippen LogP contribution in [0, 0.1) is 0 Å². The van der Waals surface area contributed by atoms with Crippen LogP contribution in [0.5, 0.6) is 0 Å². The van der Waals surface area contributed by atoms with Gasteiger partial charge < -0.3 is 5.32 Å². The molecular weight excluding hydrogens is 329 g/mol. The fraction of sp³-hybridized carbons (Fsp3) is 0.692. The van der Waals surface area contributed by atoms with Crippen LogP contribution in [0.4, 0.5) is 0 Å². The van der Waals surface area contributed by atoms with Crippen LogP contribution < -0.4 is 5.32 Å². The van der Waals surface area contributed by atoms with E-state index in [4.69, 9.17) is 0 Å². The van der Waals surface area contributed by atoms with Crippen molar-refractivity contribution in [2.45, 2.75) is 42.4 Å². The SMILES string of the molecule is CNCC1CCCCCc2cc(CI)sc21. The van der Waals surface area contributed by atoms with Gasteiger partial charge in [-0.2, -0.15) is 0 Å². The average Bonchev–Trinajstić information content (AvgIpc) is 2.67. The highest BCUT2D eigenvalue weighted by atomic mass is 127. The number of hydrogen-bond donors (Lipinski definition) is 1. The lowest BCUT2D eigenvalue weighted by atomic mass is 9.91. The molecule has 0 radical (unpaired) electrons. The molecule has 1 aromatic heterocycles. The van der Waals surface area contributed by atoms with Crippen molar-refractivity contribution in [1.29, 1.82) is 0 Å². The highest BCUT2D eigenvalue weighted by molar-refractivity contribution is 14.1. The second-order valence-corrected chi connectivity index (χ2v) is 6.52. The summed E-state index contributed by atoms with van der Waals surface area (Å²) in [6.45, 7) is 1.15. The predicted octanol–water partition coefficient (Wildman–Crippen LogP) is 4.10. The third-order valence-corrected chi connectivity index (χ3v) is 6.02. The molecule has 1 nitrogen and oxygen atoms in total. The predicted molar refractivity (Wildman–Crippen MR) is 80.9 cm³/mol. The van der Waals surface area contributed by atoms with Crippen molar-refractivity contribution in [3.8, 4) is 0 Å². The summed E-state index contributed by atoms with van der Waals surface area (Å²) in [6, 6.07) is 2.46. The van der Waals surface area contributed by atoms with E-state index >= 15 is 0 Å². The summed E-state index contributed by atoms with van der Waals surface area (Å²) in [5.74, 6) is 0.766. The van der Waals surface area contributed by atoms with Gasteiger partial charge in [-0.05, 0) is 37.9 Å². The zero-order valence-corrected chi connectivity index (χ0v) is 12.9. The third kappa shape index (κ3) is 2.99. The first kappa shape index (κ1) is 12.8. The van der Waals surface area contributed by atoms with Crippen LogP contribution in [0.2, 0.25) is 0 Å². The average molecular weight is 349 g/mol. The molecule has 0 aromatic carbocycles. The van der Waals surface area contributed by atoms with Crippen molar-refractivity contribution in [3.05, 3.63) is 21.4 Å². The van der Waals surface area contributed by atoms with Crippen LogP contribution >= 0.6 is 33.9 Å². The van der Waals surface area contributed by atoms with Crippen LogP contribution in [0.3, 0.4) is 0 Å². The molecule has 1 unspecified atom stereocenters. The number of aryl methyl sites for hydroxylation is 1. The van der Waals surface area contributed by atoms with E-state index < -0.39 is 0 Å². The van der Waals surface area contributed by atoms with E-state index in [1.54, 1.807) is 15.3 Å². The van der Waals surface area contributed by atoms with Gasteiger partial charge in [0.15, 0.2) is 0 Å². The van der Waals surface area contributed by atoms with E-state index in [9.17, 15) is 0 Å². The summed E-state index contributed by atoms with van der Waals surface area (Å²) in [5, 5.41) is 3.36. The van der Waals surface area contributed by atoms with Crippen LogP contribution in [-0.4, -0.2) is 13.6 Å². The Morgan fingerprint density at radius 1 is 1.44 bits per heavy atom. The molecule has 0 saturated heterocycles. The summed E-state index contributed by atoms with van der Waals surface area (Å²) >= 11 is 4.54. The Hall–Kier alpha value is 0.390. The molecule has 3 heteroatoms. The Labute approximate surface area is 116 Å². The molecule has 1 N–H and O–H groups in total. The van der Waals surface area contributed by atoms with Gasteiger partial charge in [-0.3, -0.25) is 0 Å². The number of likely N-dealkylation sites (N-methyl/N-ethyl adjacent to an activating group) is 1. The Kier molecular flexibility index (Phi) is 5.10. The number of hydrogen-bond acceptors (Lipinski definition) is 2. The minimum atomic E-state index is 0.766. The molecule has 1 aliphatic rings. The Balaban J connectivity index is 2.25. The second-order valence-electron chi connectivity index (χ2n) is 4.59. The topological polar surface area (TPSA) is 12.0 Å². The Bertz CT molecular complexity index is 335. The van der Waals surface area contributed by atoms with Crippen molar-refractivity contribution in [2.24, 2.45) is 0 Å². The van der Waals surface area contributed by atoms with E-state index in [0.29, 0.717) is 0 Å². The zero-order chi connectivity index (χ0) is 11.4. The highest BCUT2D eigenvalue weighted by Gasteiger charge is 2.19. The molecule has 0 bridgehead atoms. The van der Waals surface area contributed by atoms with Gasteiger partial charge in [0.25, 0.3) is 0 Å². The standard InChI is InChI=1S/C13H20INS/c1-15-9-11-6-4-2-3-5-10-7-12(8-14)16-13(10)11/h7,11,15H,2-6,8-9H2,1H3. The monoisotopic (exact) mass is 349 g/mol. The quantitative estimate of drug-likeness (QED) is 0.640. The van der Waals surface area contributed by atoms with Crippen LogP contribution in [0.1, 0.15) is 46.9 Å². The minimum absolute atomic E-state index is 0.766. The number of alkyl halides is 1. The molecule has 0 saturated carbocycles. The van der Waals surface area contributed by atoms with E-state index in [-0.39, 0.29) is 0 Å². The first-order chi connectivity index (χ1) is 7.85. The van der Waals surface area contributed by atoms with Crippen molar-refractivity contribution in [3.63, 3.8) is 0 Å². The van der Waals surface area contributed by atoms with E-state index in [0.717, 1.165) is 12.5 Å². The maximum absolute atomic E-state index is 3.36. The lowest BCUT2D eigenvalue weighted by Crippen LogP contribution is -2.18. The molecule has 1 atom stereocenters. The lowest BCUT2D eigenvalue weighted by Gasteiger charge is -2.19. The summed E-state index contributed by atoms with van der Waals surface area (Å²) in [4.78, 5) is 3.24. The number of nitrogens with one attached hydrogen (secondary N) is 1. The van der Waals surface area contributed by atoms with Gasteiger partial charge in [-0.15, -0.1) is 11.3 Å². The van der Waals surface area contributed by atoms with Gasteiger partial charge in [0.2, 0.25) is 0 Å². The summed E-state index contributed by atoms with van der Waals surface area (Å²) in [7, 11) is 2.07. The van der Waals surface area contributed by atoms with E-state index in [1.165, 1.54) is 36.5 Å². The van der Waals surface area contributed by atoms with Crippen molar-refractivity contribution < 1.29 is 0 Å². The van der Waals surface area contributed by atoms with Gasteiger partial charge in [0.05, 0.1) is 0 Å². The second kappa shape index (κ2) is 6.36. The van der Waals surface area contributed by atoms with Gasteiger partial charge in [0.1, 0.15) is 0 Å². The minimum Gasteiger partial charge on any atom is -0.319 e. The smallest absolute Gasteiger partial charge is 0.0341 e. The Morgan fingerprint density at radius 3 is 3.06 bits per heavy atom. The number of halogens is 1. The molecule has 90 valence electrons. The number of fused-ring (bicyclic) bond motifs is 1. The fourth-order valence-electron chi connectivity index (χ4n) is 2.56. The fourth-order valence-corrected chi connectivity index (χ4v) is 4.45. The maximum Gasteiger partial charge on any atom is 0.0341 e. The molecule has 0 amide bonds. The van der Waals surface area contributed by atoms with Gasteiger partial charge in [0, 0.05) is 26.6 Å². The molecule has 0 fully saturated rings.